The normalized spacial score (nSPS) is 17.1. The fraction of sp³-hybridized carbons (Fsp3) is 0.452. The molecule has 1 aliphatic carbocycles. The summed E-state index contributed by atoms with van der Waals surface area (Å²) in [7, 11) is 1.68. The highest BCUT2D eigenvalue weighted by Gasteiger charge is 2.30. The lowest BCUT2D eigenvalue weighted by atomic mass is 9.81. The average Bonchev–Trinajstić information content (AvgIpc) is 3.05. The smallest absolute Gasteiger partial charge is 0.338 e. The topological polar surface area (TPSA) is 60.7 Å². The van der Waals surface area contributed by atoms with E-state index in [1.165, 1.54) is 48.7 Å². The lowest BCUT2D eigenvalue weighted by Gasteiger charge is -2.24. The van der Waals surface area contributed by atoms with Gasteiger partial charge < -0.3 is 19.1 Å². The Hall–Kier alpha value is -3.05. The Kier molecular flexibility index (Phi) is 6.46. The highest BCUT2D eigenvalue weighted by Crippen LogP contribution is 2.47. The second kappa shape index (κ2) is 9.44. The Bertz CT molecular complexity index is 1330. The maximum atomic E-state index is 13.0. The summed E-state index contributed by atoms with van der Waals surface area (Å²) in [6.45, 7) is 8.04. The Balaban J connectivity index is 1.79. The number of carbonyl (C=O) groups excluding carboxylic acids is 1. The zero-order valence-electron chi connectivity index (χ0n) is 22.1. The fourth-order valence-electron chi connectivity index (χ4n) is 5.78. The number of hydrogen-bond acceptors (Lipinski definition) is 4. The number of aromatic nitrogens is 1. The van der Waals surface area contributed by atoms with E-state index in [-0.39, 0.29) is 5.97 Å². The number of ether oxygens (including phenoxy) is 2. The van der Waals surface area contributed by atoms with Crippen molar-refractivity contribution in [1.29, 1.82) is 0 Å². The SMILES string of the molecule is COc1ccc2c(c1)C=C(C(C)O)Cn1c-2c(C2CCCCC2)c2ccc(C(=O)OC(C)(C)C)cc21. The van der Waals surface area contributed by atoms with Crippen molar-refractivity contribution in [3.8, 4) is 17.0 Å². The predicted octanol–water partition coefficient (Wildman–Crippen LogP) is 7.10. The van der Waals surface area contributed by atoms with E-state index in [1.54, 1.807) is 7.11 Å². The van der Waals surface area contributed by atoms with E-state index in [2.05, 4.69) is 28.8 Å². The van der Waals surface area contributed by atoms with Gasteiger partial charge in [0.05, 0.1) is 24.5 Å². The molecule has 1 aliphatic heterocycles. The molecular formula is C31H37NO4. The molecule has 1 unspecified atom stereocenters. The number of benzene rings is 2. The Morgan fingerprint density at radius 2 is 1.83 bits per heavy atom. The molecule has 0 amide bonds. The molecule has 2 aromatic carbocycles. The van der Waals surface area contributed by atoms with Crippen LogP contribution in [0.5, 0.6) is 5.75 Å². The Labute approximate surface area is 213 Å². The van der Waals surface area contributed by atoms with Gasteiger partial charge in [-0.3, -0.25) is 0 Å². The summed E-state index contributed by atoms with van der Waals surface area (Å²) in [6, 6.07) is 12.2. The molecule has 1 saturated carbocycles. The van der Waals surface area contributed by atoms with E-state index in [4.69, 9.17) is 9.47 Å². The van der Waals surface area contributed by atoms with E-state index in [1.807, 2.05) is 45.9 Å². The minimum atomic E-state index is -0.598. The number of aliphatic hydroxyl groups is 1. The highest BCUT2D eigenvalue weighted by atomic mass is 16.6. The fourth-order valence-corrected chi connectivity index (χ4v) is 5.78. The van der Waals surface area contributed by atoms with Crippen LogP contribution in [-0.4, -0.2) is 34.5 Å². The summed E-state index contributed by atoms with van der Waals surface area (Å²) in [5, 5.41) is 11.9. The molecule has 5 rings (SSSR count). The summed E-state index contributed by atoms with van der Waals surface area (Å²) in [6.07, 6.45) is 7.60. The van der Waals surface area contributed by atoms with E-state index in [9.17, 15) is 9.90 Å². The summed E-state index contributed by atoms with van der Waals surface area (Å²) in [5.74, 6) is 0.947. The maximum Gasteiger partial charge on any atom is 0.338 e. The molecule has 0 spiro atoms. The third kappa shape index (κ3) is 4.57. The van der Waals surface area contributed by atoms with Gasteiger partial charge in [-0.05, 0) is 93.5 Å². The first-order valence-corrected chi connectivity index (χ1v) is 13.1. The first-order valence-electron chi connectivity index (χ1n) is 13.1. The van der Waals surface area contributed by atoms with Gasteiger partial charge in [-0.2, -0.15) is 0 Å². The summed E-state index contributed by atoms with van der Waals surface area (Å²) in [4.78, 5) is 13.0. The molecule has 0 radical (unpaired) electrons. The standard InChI is InChI=1S/C31H37NO4/c1-19(33)23-15-22-16-24(35-5)12-14-25(22)29-28(20-9-7-6-8-10-20)26-13-11-21(17-27(26)32(29)18-23)30(34)36-31(2,3)4/h11-17,19-20,33H,6-10,18H2,1-5H3. The number of nitrogens with zero attached hydrogens (tertiary/aromatic N) is 1. The second-order valence-electron chi connectivity index (χ2n) is 11.3. The molecule has 5 heteroatoms. The molecular weight excluding hydrogens is 450 g/mol. The molecule has 1 atom stereocenters. The molecule has 1 N–H and O–H groups in total. The number of rotatable bonds is 4. The summed E-state index contributed by atoms with van der Waals surface area (Å²) >= 11 is 0. The van der Waals surface area contributed by atoms with E-state index < -0.39 is 11.7 Å². The number of hydrogen-bond donors (Lipinski definition) is 1. The lowest BCUT2D eigenvalue weighted by molar-refractivity contribution is 0.00696. The molecule has 5 nitrogen and oxygen atoms in total. The monoisotopic (exact) mass is 487 g/mol. The van der Waals surface area contributed by atoms with Crippen LogP contribution in [0.4, 0.5) is 0 Å². The number of esters is 1. The van der Waals surface area contributed by atoms with Crippen LogP contribution in [0.2, 0.25) is 0 Å². The van der Waals surface area contributed by atoms with Crippen LogP contribution in [0.1, 0.15) is 87.2 Å². The van der Waals surface area contributed by atoms with Crippen molar-refractivity contribution in [2.45, 2.75) is 84.0 Å². The van der Waals surface area contributed by atoms with Crippen LogP contribution in [-0.2, 0) is 11.3 Å². The molecule has 1 fully saturated rings. The number of aliphatic hydroxyl groups excluding tert-OH is 1. The molecule has 36 heavy (non-hydrogen) atoms. The largest absolute Gasteiger partial charge is 0.497 e. The second-order valence-corrected chi connectivity index (χ2v) is 11.3. The molecule has 2 heterocycles. The van der Waals surface area contributed by atoms with Crippen LogP contribution in [0.3, 0.4) is 0 Å². The van der Waals surface area contributed by atoms with Gasteiger partial charge in [-0.25, -0.2) is 4.79 Å². The highest BCUT2D eigenvalue weighted by molar-refractivity contribution is 6.00. The van der Waals surface area contributed by atoms with Gasteiger partial charge in [0.15, 0.2) is 0 Å². The van der Waals surface area contributed by atoms with Crippen molar-refractivity contribution in [3.05, 3.63) is 58.7 Å². The van der Waals surface area contributed by atoms with Gasteiger partial charge in [0, 0.05) is 23.0 Å². The van der Waals surface area contributed by atoms with Crippen LogP contribution in [0.15, 0.2) is 42.0 Å². The van der Waals surface area contributed by atoms with Gasteiger partial charge in [-0.15, -0.1) is 0 Å². The molecule has 0 bridgehead atoms. The lowest BCUT2D eigenvalue weighted by Crippen LogP contribution is -2.23. The van der Waals surface area contributed by atoms with Crippen molar-refractivity contribution in [2.24, 2.45) is 0 Å². The predicted molar refractivity (Wildman–Crippen MR) is 145 cm³/mol. The van der Waals surface area contributed by atoms with Crippen LogP contribution < -0.4 is 4.74 Å². The van der Waals surface area contributed by atoms with E-state index in [0.717, 1.165) is 28.0 Å². The Morgan fingerprint density at radius 1 is 1.08 bits per heavy atom. The van der Waals surface area contributed by atoms with Crippen LogP contribution >= 0.6 is 0 Å². The third-order valence-corrected chi connectivity index (χ3v) is 7.48. The Morgan fingerprint density at radius 3 is 2.50 bits per heavy atom. The van der Waals surface area contributed by atoms with Gasteiger partial charge in [0.1, 0.15) is 11.4 Å². The zero-order valence-corrected chi connectivity index (χ0v) is 22.1. The van der Waals surface area contributed by atoms with Crippen LogP contribution in [0, 0.1) is 0 Å². The first-order chi connectivity index (χ1) is 17.2. The van der Waals surface area contributed by atoms with Gasteiger partial charge in [0.2, 0.25) is 0 Å². The quantitative estimate of drug-likeness (QED) is 0.399. The first kappa shape index (κ1) is 24.6. The summed E-state index contributed by atoms with van der Waals surface area (Å²) in [5.41, 5.74) is 6.69. The van der Waals surface area contributed by atoms with Crippen molar-refractivity contribution < 1.29 is 19.4 Å². The molecule has 190 valence electrons. The van der Waals surface area contributed by atoms with Crippen LogP contribution in [0.25, 0.3) is 28.2 Å². The molecule has 1 aromatic heterocycles. The van der Waals surface area contributed by atoms with Crippen molar-refractivity contribution in [3.63, 3.8) is 0 Å². The van der Waals surface area contributed by atoms with Gasteiger partial charge in [0.25, 0.3) is 0 Å². The summed E-state index contributed by atoms with van der Waals surface area (Å²) < 4.78 is 13.5. The zero-order chi connectivity index (χ0) is 25.6. The van der Waals surface area contributed by atoms with E-state index >= 15 is 0 Å². The maximum absolute atomic E-state index is 13.0. The van der Waals surface area contributed by atoms with Gasteiger partial charge in [-0.1, -0.05) is 31.4 Å². The van der Waals surface area contributed by atoms with E-state index in [0.29, 0.717) is 18.0 Å². The van der Waals surface area contributed by atoms with Crippen molar-refractivity contribution in [2.75, 3.05) is 7.11 Å². The minimum absolute atomic E-state index is 0.316. The number of methoxy groups -OCH3 is 1. The molecule has 3 aromatic rings. The number of fused-ring (bicyclic) bond motifs is 5. The third-order valence-electron chi connectivity index (χ3n) is 7.48. The average molecular weight is 488 g/mol. The minimum Gasteiger partial charge on any atom is -0.497 e. The van der Waals surface area contributed by atoms with Gasteiger partial charge >= 0.3 is 5.97 Å². The number of carbonyl (C=O) groups is 1. The van der Waals surface area contributed by atoms with Crippen molar-refractivity contribution >= 4 is 22.9 Å². The van der Waals surface area contributed by atoms with Crippen molar-refractivity contribution in [1.82, 2.24) is 4.57 Å². The molecule has 2 aliphatic rings. The molecule has 0 saturated heterocycles.